The minimum atomic E-state index is -3.74. The fourth-order valence-corrected chi connectivity index (χ4v) is 4.75. The summed E-state index contributed by atoms with van der Waals surface area (Å²) in [7, 11) is -3.74. The quantitative estimate of drug-likeness (QED) is 0.671. The molecule has 1 N–H and O–H groups in total. The van der Waals surface area contributed by atoms with E-state index in [2.05, 4.69) is 5.32 Å². The van der Waals surface area contributed by atoms with E-state index in [4.69, 9.17) is 4.74 Å². The second-order valence-corrected chi connectivity index (χ2v) is 7.57. The monoisotopic (exact) mass is 307 g/mol. The fourth-order valence-electron chi connectivity index (χ4n) is 2.87. The van der Waals surface area contributed by atoms with E-state index < -0.39 is 20.7 Å². The number of benzene rings is 1. The maximum Gasteiger partial charge on any atom is 0.353 e. The van der Waals surface area contributed by atoms with E-state index in [1.54, 1.807) is 12.1 Å². The number of esters is 1. The van der Waals surface area contributed by atoms with Crippen LogP contribution in [0.25, 0.3) is 0 Å². The van der Waals surface area contributed by atoms with Crippen molar-refractivity contribution >= 4 is 21.5 Å². The van der Waals surface area contributed by atoms with Gasteiger partial charge in [-0.05, 0) is 25.0 Å². The zero-order valence-corrected chi connectivity index (χ0v) is 12.4. The van der Waals surface area contributed by atoms with E-state index in [0.717, 1.165) is 24.9 Å². The molecule has 1 heterocycles. The van der Waals surface area contributed by atoms with Crippen molar-refractivity contribution in [1.82, 2.24) is 0 Å². The van der Waals surface area contributed by atoms with Gasteiger partial charge in [0, 0.05) is 24.7 Å². The molecule has 0 aromatic heterocycles. The number of nitrogens with one attached hydrogen (secondary N) is 1. The molecule has 2 aliphatic rings. The number of sulfone groups is 1. The molecule has 6 heteroatoms. The third kappa shape index (κ3) is 2.33. The van der Waals surface area contributed by atoms with Gasteiger partial charge in [0.25, 0.3) is 0 Å². The third-order valence-corrected chi connectivity index (χ3v) is 6.35. The molecular weight excluding hydrogens is 290 g/mol. The molecule has 0 atom stereocenters. The summed E-state index contributed by atoms with van der Waals surface area (Å²) in [6.45, 7) is 0. The van der Waals surface area contributed by atoms with Crippen LogP contribution < -0.4 is 5.32 Å². The molecule has 2 fully saturated rings. The number of anilines is 1. The fraction of sp³-hybridized carbons (Fsp3) is 0.400. The minimum absolute atomic E-state index is 0.270. The molecule has 1 saturated carbocycles. The van der Waals surface area contributed by atoms with E-state index in [9.17, 15) is 13.2 Å². The van der Waals surface area contributed by atoms with Crippen molar-refractivity contribution in [3.05, 3.63) is 41.4 Å². The van der Waals surface area contributed by atoms with Crippen LogP contribution in [0.4, 0.5) is 5.69 Å². The molecule has 1 aliphatic carbocycles. The Balaban J connectivity index is 1.90. The van der Waals surface area contributed by atoms with Crippen molar-refractivity contribution in [2.75, 3.05) is 5.32 Å². The van der Waals surface area contributed by atoms with Crippen LogP contribution in [0, 0.1) is 0 Å². The lowest BCUT2D eigenvalue weighted by Crippen LogP contribution is -2.38. The van der Waals surface area contributed by atoms with E-state index in [-0.39, 0.29) is 4.91 Å². The van der Waals surface area contributed by atoms with Crippen LogP contribution in [-0.2, 0) is 19.4 Å². The highest BCUT2D eigenvalue weighted by Gasteiger charge is 2.57. The summed E-state index contributed by atoms with van der Waals surface area (Å²) in [5.74, 6) is -0.750. The maximum atomic E-state index is 12.6. The Morgan fingerprint density at radius 1 is 1.10 bits per heavy atom. The van der Waals surface area contributed by atoms with Gasteiger partial charge in [-0.1, -0.05) is 24.6 Å². The Labute approximate surface area is 123 Å². The Morgan fingerprint density at radius 3 is 2.43 bits per heavy atom. The summed E-state index contributed by atoms with van der Waals surface area (Å²) in [6, 6.07) is 9.09. The molecule has 5 nitrogen and oxygen atoms in total. The summed E-state index contributed by atoms with van der Waals surface area (Å²) in [5.41, 5.74) is 0.720. The lowest BCUT2D eigenvalue weighted by Gasteiger charge is -2.29. The van der Waals surface area contributed by atoms with Crippen molar-refractivity contribution in [3.8, 4) is 0 Å². The van der Waals surface area contributed by atoms with Gasteiger partial charge in [-0.25, -0.2) is 13.2 Å². The van der Waals surface area contributed by atoms with Crippen LogP contribution in [0.2, 0.25) is 0 Å². The first-order valence-electron chi connectivity index (χ1n) is 7.05. The Bertz CT molecular complexity index is 673. The number of para-hydroxylation sites is 1. The van der Waals surface area contributed by atoms with E-state index in [1.807, 2.05) is 18.2 Å². The molecule has 1 aromatic rings. The SMILES string of the molecule is O=C1OC2(CCCCC2)S(=O)(=O)C1=CNc1ccccc1. The zero-order valence-electron chi connectivity index (χ0n) is 11.5. The molecule has 3 rings (SSSR count). The smallest absolute Gasteiger partial charge is 0.353 e. The van der Waals surface area contributed by atoms with Crippen molar-refractivity contribution in [2.45, 2.75) is 37.0 Å². The highest BCUT2D eigenvalue weighted by molar-refractivity contribution is 7.97. The predicted octanol–water partition coefficient (Wildman–Crippen LogP) is 2.57. The van der Waals surface area contributed by atoms with Crippen LogP contribution in [0.3, 0.4) is 0 Å². The number of hydrogen-bond donors (Lipinski definition) is 1. The van der Waals surface area contributed by atoms with Crippen molar-refractivity contribution in [3.63, 3.8) is 0 Å². The summed E-state index contributed by atoms with van der Waals surface area (Å²) < 4.78 is 30.6. The standard InChI is InChI=1S/C15H17NO4S/c17-14-13(11-16-12-7-3-1-4-8-12)21(18,19)15(20-14)9-5-2-6-10-15/h1,3-4,7-8,11,16H,2,5-6,9-10H2. The van der Waals surface area contributed by atoms with E-state index in [1.165, 1.54) is 6.20 Å². The van der Waals surface area contributed by atoms with Gasteiger partial charge in [-0.3, -0.25) is 0 Å². The Morgan fingerprint density at radius 2 is 1.76 bits per heavy atom. The number of rotatable bonds is 2. The van der Waals surface area contributed by atoms with Gasteiger partial charge in [-0.2, -0.15) is 0 Å². The third-order valence-electron chi connectivity index (χ3n) is 4.02. The van der Waals surface area contributed by atoms with Crippen molar-refractivity contribution < 1.29 is 17.9 Å². The predicted molar refractivity (Wildman–Crippen MR) is 79.0 cm³/mol. The molecular formula is C15H17NO4S. The summed E-state index contributed by atoms with van der Waals surface area (Å²) >= 11 is 0. The second kappa shape index (κ2) is 5.18. The highest BCUT2D eigenvalue weighted by Crippen LogP contribution is 2.45. The average Bonchev–Trinajstić information content (AvgIpc) is 2.65. The van der Waals surface area contributed by atoms with Crippen LogP contribution >= 0.6 is 0 Å². The average molecular weight is 307 g/mol. The van der Waals surface area contributed by atoms with Gasteiger partial charge >= 0.3 is 5.97 Å². The second-order valence-electron chi connectivity index (χ2n) is 5.38. The van der Waals surface area contributed by atoms with Crippen molar-refractivity contribution in [1.29, 1.82) is 0 Å². The zero-order chi connectivity index (χ0) is 14.9. The summed E-state index contributed by atoms with van der Waals surface area (Å²) in [4.78, 5) is 10.4. The van der Waals surface area contributed by atoms with Gasteiger partial charge in [0.05, 0.1) is 0 Å². The molecule has 0 bridgehead atoms. The number of carbonyl (C=O) groups is 1. The van der Waals surface area contributed by atoms with Crippen LogP contribution in [0.15, 0.2) is 41.4 Å². The molecule has 21 heavy (non-hydrogen) atoms. The first-order chi connectivity index (χ1) is 10.1. The number of ether oxygens (including phenoxy) is 1. The van der Waals surface area contributed by atoms with Crippen LogP contribution in [0.5, 0.6) is 0 Å². The van der Waals surface area contributed by atoms with Crippen molar-refractivity contribution in [2.24, 2.45) is 0 Å². The van der Waals surface area contributed by atoms with Gasteiger partial charge in [0.1, 0.15) is 0 Å². The normalized spacial score (nSPS) is 25.0. The molecule has 0 radical (unpaired) electrons. The van der Waals surface area contributed by atoms with Gasteiger partial charge in [0.15, 0.2) is 4.91 Å². The van der Waals surface area contributed by atoms with E-state index in [0.29, 0.717) is 12.8 Å². The van der Waals surface area contributed by atoms with Crippen LogP contribution in [0.1, 0.15) is 32.1 Å². The Hall–Kier alpha value is -1.82. The lowest BCUT2D eigenvalue weighted by atomic mass is 9.97. The summed E-state index contributed by atoms with van der Waals surface area (Å²) in [6.07, 6.45) is 4.55. The van der Waals surface area contributed by atoms with Gasteiger partial charge in [-0.15, -0.1) is 0 Å². The number of hydrogen-bond acceptors (Lipinski definition) is 5. The topological polar surface area (TPSA) is 72.5 Å². The summed E-state index contributed by atoms with van der Waals surface area (Å²) in [5, 5.41) is 2.85. The molecule has 1 aliphatic heterocycles. The molecule has 1 aromatic carbocycles. The molecule has 1 spiro atoms. The molecule has 0 unspecified atom stereocenters. The molecule has 112 valence electrons. The molecule has 0 amide bonds. The van der Waals surface area contributed by atoms with E-state index >= 15 is 0 Å². The van der Waals surface area contributed by atoms with Gasteiger partial charge in [0.2, 0.25) is 14.8 Å². The van der Waals surface area contributed by atoms with Gasteiger partial charge < -0.3 is 10.1 Å². The minimum Gasteiger partial charge on any atom is -0.438 e. The first-order valence-corrected chi connectivity index (χ1v) is 8.53. The first kappa shape index (κ1) is 14.1. The Kier molecular flexibility index (Phi) is 3.49. The largest absolute Gasteiger partial charge is 0.438 e. The van der Waals surface area contributed by atoms with Crippen LogP contribution in [-0.4, -0.2) is 19.3 Å². The lowest BCUT2D eigenvalue weighted by molar-refractivity contribution is -0.145. The highest BCUT2D eigenvalue weighted by atomic mass is 32.2. The number of carbonyl (C=O) groups excluding carboxylic acids is 1. The maximum absolute atomic E-state index is 12.6. The molecule has 1 saturated heterocycles.